The van der Waals surface area contributed by atoms with Crippen molar-refractivity contribution in [3.05, 3.63) is 86.0 Å². The maximum Gasteiger partial charge on any atom is 0.270 e. The zero-order valence-electron chi connectivity index (χ0n) is 20.5. The van der Waals surface area contributed by atoms with Crippen LogP contribution in [0.1, 0.15) is 52.0 Å². The Labute approximate surface area is 209 Å². The van der Waals surface area contributed by atoms with Gasteiger partial charge in [0.25, 0.3) is 5.69 Å². The van der Waals surface area contributed by atoms with E-state index in [-0.39, 0.29) is 10.6 Å². The van der Waals surface area contributed by atoms with Crippen molar-refractivity contribution in [3.8, 4) is 11.3 Å². The fourth-order valence-electron chi connectivity index (χ4n) is 5.18. The van der Waals surface area contributed by atoms with Crippen LogP contribution in [0.2, 0.25) is 0 Å². The van der Waals surface area contributed by atoms with Gasteiger partial charge in [-0.15, -0.1) is 11.3 Å². The number of nitro groups is 1. The summed E-state index contributed by atoms with van der Waals surface area (Å²) in [6.07, 6.45) is 6.60. The molecule has 7 heteroatoms. The molecule has 0 saturated heterocycles. The van der Waals surface area contributed by atoms with E-state index in [0.717, 1.165) is 34.1 Å². The van der Waals surface area contributed by atoms with Gasteiger partial charge in [-0.25, -0.2) is 9.67 Å². The Morgan fingerprint density at radius 2 is 1.97 bits per heavy atom. The van der Waals surface area contributed by atoms with Gasteiger partial charge in [0, 0.05) is 23.1 Å². The van der Waals surface area contributed by atoms with E-state index in [0.29, 0.717) is 17.3 Å². The van der Waals surface area contributed by atoms with Crippen molar-refractivity contribution >= 4 is 28.9 Å². The van der Waals surface area contributed by atoms with Gasteiger partial charge in [0.1, 0.15) is 0 Å². The number of rotatable bonds is 6. The van der Waals surface area contributed by atoms with Gasteiger partial charge in [-0.05, 0) is 59.3 Å². The van der Waals surface area contributed by atoms with Gasteiger partial charge in [-0.3, -0.25) is 10.1 Å². The molecule has 0 radical (unpaired) electrons. The van der Waals surface area contributed by atoms with Crippen LogP contribution in [0, 0.1) is 27.4 Å². The highest BCUT2D eigenvalue weighted by atomic mass is 32.1. The van der Waals surface area contributed by atoms with Crippen LogP contribution in [0.4, 0.5) is 11.4 Å². The summed E-state index contributed by atoms with van der Waals surface area (Å²) in [7, 11) is 0. The highest BCUT2D eigenvalue weighted by Crippen LogP contribution is 2.58. The maximum atomic E-state index is 11.4. The summed E-state index contributed by atoms with van der Waals surface area (Å²) in [6.45, 7) is 9.04. The number of fused-ring (bicyclic) bond motifs is 1. The van der Waals surface area contributed by atoms with Crippen molar-refractivity contribution in [1.29, 1.82) is 0 Å². The highest BCUT2D eigenvalue weighted by molar-refractivity contribution is 7.07. The largest absolute Gasteiger partial charge is 0.270 e. The first-order valence-corrected chi connectivity index (χ1v) is 13.0. The number of benzene rings is 2. The lowest BCUT2D eigenvalue weighted by atomic mass is 9.49. The van der Waals surface area contributed by atoms with Gasteiger partial charge in [-0.2, -0.15) is 5.10 Å². The number of nitrogens with zero attached hydrogens (tertiary/aromatic N) is 4. The van der Waals surface area contributed by atoms with Gasteiger partial charge in [0.15, 0.2) is 0 Å². The zero-order chi connectivity index (χ0) is 24.7. The van der Waals surface area contributed by atoms with Gasteiger partial charge < -0.3 is 0 Å². The molecule has 1 heterocycles. The molecule has 180 valence electrons. The van der Waals surface area contributed by atoms with Gasteiger partial charge in [-0.1, -0.05) is 58.0 Å². The molecule has 3 aliphatic carbocycles. The first kappa shape index (κ1) is 23.4. The molecule has 2 bridgehead atoms. The van der Waals surface area contributed by atoms with Crippen LogP contribution in [-0.4, -0.2) is 15.8 Å². The Morgan fingerprint density at radius 3 is 2.63 bits per heavy atom. The summed E-state index contributed by atoms with van der Waals surface area (Å²) >= 11 is 1.48. The van der Waals surface area contributed by atoms with E-state index in [2.05, 4.69) is 45.9 Å². The molecule has 3 aliphatic rings. The van der Waals surface area contributed by atoms with Gasteiger partial charge in [0.2, 0.25) is 4.80 Å². The molecule has 0 N–H and O–H groups in total. The molecule has 3 aromatic rings. The molecular formula is C28H30N4O2S. The van der Waals surface area contributed by atoms with Crippen LogP contribution in [0.3, 0.4) is 0 Å². The second-order valence-electron chi connectivity index (χ2n) is 10.4. The Bertz CT molecular complexity index is 1390. The summed E-state index contributed by atoms with van der Waals surface area (Å²) < 4.78 is 1.82. The molecule has 1 aromatic heterocycles. The molecule has 0 aliphatic heterocycles. The molecule has 35 heavy (non-hydrogen) atoms. The maximum absolute atomic E-state index is 11.4. The Kier molecular flexibility index (Phi) is 6.05. The Balaban J connectivity index is 1.58. The van der Waals surface area contributed by atoms with Crippen LogP contribution >= 0.6 is 11.3 Å². The third-order valence-corrected chi connectivity index (χ3v) is 8.47. The summed E-state index contributed by atoms with van der Waals surface area (Å²) in [6, 6.07) is 14.9. The molecule has 1 fully saturated rings. The van der Waals surface area contributed by atoms with Crippen LogP contribution in [-0.2, 0) is 0 Å². The van der Waals surface area contributed by atoms with Crippen LogP contribution in [0.5, 0.6) is 0 Å². The second-order valence-corrected chi connectivity index (χ2v) is 11.2. The summed E-state index contributed by atoms with van der Waals surface area (Å²) in [5.74, 6) is 1.74. The summed E-state index contributed by atoms with van der Waals surface area (Å²) in [5, 5.41) is 18.2. The third-order valence-electron chi connectivity index (χ3n) is 7.66. The van der Waals surface area contributed by atoms with E-state index in [1.807, 2.05) is 34.5 Å². The topological polar surface area (TPSA) is 72.8 Å². The SMILES string of the molecule is CC(C)c1ccc(N=c2scc(-c3cccc([N+](=O)[O-])c3)n2N=CC2=CCC3CC2C3(C)C)cc1. The van der Waals surface area contributed by atoms with E-state index in [1.54, 1.807) is 12.1 Å². The normalized spacial score (nSPS) is 21.3. The van der Waals surface area contributed by atoms with Crippen molar-refractivity contribution in [2.45, 2.75) is 46.5 Å². The van der Waals surface area contributed by atoms with Crippen molar-refractivity contribution in [1.82, 2.24) is 4.68 Å². The first-order valence-electron chi connectivity index (χ1n) is 12.1. The number of thiazole rings is 1. The van der Waals surface area contributed by atoms with E-state index in [9.17, 15) is 10.1 Å². The Morgan fingerprint density at radius 1 is 1.20 bits per heavy atom. The lowest BCUT2D eigenvalue weighted by molar-refractivity contribution is -0.384. The highest BCUT2D eigenvalue weighted by Gasteiger charge is 2.50. The van der Waals surface area contributed by atoms with Crippen LogP contribution in [0.25, 0.3) is 11.3 Å². The number of allylic oxidation sites excluding steroid dienone is 2. The number of hydrogen-bond acceptors (Lipinski definition) is 5. The van der Waals surface area contributed by atoms with Crippen LogP contribution in [0.15, 0.2) is 75.7 Å². The fourth-order valence-corrected chi connectivity index (χ4v) is 6.04. The molecule has 1 saturated carbocycles. The number of nitro benzene ring substituents is 1. The standard InChI is InChI=1S/C28H30N4O2S/c1-18(2)19-9-12-23(13-10-19)30-27-31(29-16-21-8-11-22-15-25(21)28(22,3)4)26(17-35-27)20-6-5-7-24(14-20)32(33)34/h5-10,12-14,16-18,22,25H,11,15H2,1-4H3. The van der Waals surface area contributed by atoms with Crippen LogP contribution < -0.4 is 4.80 Å². The molecule has 6 rings (SSSR count). The van der Waals surface area contributed by atoms with Gasteiger partial charge in [0.05, 0.1) is 22.5 Å². The zero-order valence-corrected chi connectivity index (χ0v) is 21.3. The van der Waals surface area contributed by atoms with E-state index < -0.39 is 0 Å². The number of aromatic nitrogens is 1. The first-order chi connectivity index (χ1) is 16.7. The minimum atomic E-state index is -0.368. The smallest absolute Gasteiger partial charge is 0.258 e. The van der Waals surface area contributed by atoms with E-state index in [4.69, 9.17) is 10.1 Å². The van der Waals surface area contributed by atoms with Crippen molar-refractivity contribution in [2.24, 2.45) is 27.3 Å². The number of non-ortho nitro benzene ring substituents is 1. The number of hydrogen-bond donors (Lipinski definition) is 0. The predicted molar refractivity (Wildman–Crippen MR) is 142 cm³/mol. The molecule has 2 aromatic carbocycles. The molecule has 2 unspecified atom stereocenters. The minimum Gasteiger partial charge on any atom is -0.258 e. The predicted octanol–water partition coefficient (Wildman–Crippen LogP) is 7.31. The monoisotopic (exact) mass is 486 g/mol. The molecule has 6 nitrogen and oxygen atoms in total. The lowest BCUT2D eigenvalue weighted by Gasteiger charge is -2.55. The lowest BCUT2D eigenvalue weighted by Crippen LogP contribution is -2.48. The molecule has 0 amide bonds. The van der Waals surface area contributed by atoms with Crippen molar-refractivity contribution in [2.75, 3.05) is 0 Å². The third kappa shape index (κ3) is 4.41. The second kappa shape index (κ2) is 9.04. The summed E-state index contributed by atoms with van der Waals surface area (Å²) in [5.41, 5.74) is 5.29. The average Bonchev–Trinajstić information content (AvgIpc) is 3.25. The minimum absolute atomic E-state index is 0.0595. The van der Waals surface area contributed by atoms with E-state index in [1.165, 1.54) is 35.0 Å². The summed E-state index contributed by atoms with van der Waals surface area (Å²) in [4.78, 5) is 16.6. The Hall–Kier alpha value is -3.32. The quantitative estimate of drug-likeness (QED) is 0.208. The molecular weight excluding hydrogens is 456 g/mol. The van der Waals surface area contributed by atoms with Gasteiger partial charge >= 0.3 is 0 Å². The average molecular weight is 487 g/mol. The molecule has 2 atom stereocenters. The van der Waals surface area contributed by atoms with E-state index >= 15 is 0 Å². The molecule has 0 spiro atoms. The fraction of sp³-hybridized carbons (Fsp3) is 0.357. The van der Waals surface area contributed by atoms with Crippen molar-refractivity contribution in [3.63, 3.8) is 0 Å². The van der Waals surface area contributed by atoms with Crippen molar-refractivity contribution < 1.29 is 4.92 Å².